The van der Waals surface area contributed by atoms with Crippen LogP contribution < -0.4 is 20.7 Å². The van der Waals surface area contributed by atoms with Gasteiger partial charge in [0.2, 0.25) is 11.8 Å². The van der Waals surface area contributed by atoms with Crippen molar-refractivity contribution in [2.75, 3.05) is 20.6 Å². The Hall–Kier alpha value is -2.87. The number of amides is 3. The maximum atomic E-state index is 13.2. The predicted molar refractivity (Wildman–Crippen MR) is 146 cm³/mol. The number of nitrogens with zero attached hydrogens (tertiary/aromatic N) is 2. The molecule has 0 aliphatic carbocycles. The van der Waals surface area contributed by atoms with Gasteiger partial charge in [-0.3, -0.25) is 14.4 Å². The Morgan fingerprint density at radius 2 is 1.79 bits per heavy atom. The maximum Gasteiger partial charge on any atom is 0.279 e. The van der Waals surface area contributed by atoms with Gasteiger partial charge >= 0.3 is 0 Å². The lowest BCUT2D eigenvalue weighted by Gasteiger charge is -2.25. The van der Waals surface area contributed by atoms with Crippen molar-refractivity contribution in [3.63, 3.8) is 0 Å². The van der Waals surface area contributed by atoms with E-state index in [4.69, 9.17) is 0 Å². The van der Waals surface area contributed by atoms with Gasteiger partial charge in [-0.25, -0.2) is 4.98 Å². The van der Waals surface area contributed by atoms with Crippen molar-refractivity contribution in [2.45, 2.75) is 57.7 Å². The average molecular weight is 565 g/mol. The summed E-state index contributed by atoms with van der Waals surface area (Å²) in [6, 6.07) is 7.07. The SMILES string of the molecule is CC(C)[C@H]1NC(=O)[C@@H](NS(=O)(=O)N(C)C)CCCCNC(=O)[C@@H](Cc2ccccc2)NC(=O)c2csc1n2. The topological polar surface area (TPSA) is 150 Å². The highest BCUT2D eigenvalue weighted by atomic mass is 32.2. The van der Waals surface area contributed by atoms with E-state index in [1.54, 1.807) is 5.38 Å². The smallest absolute Gasteiger partial charge is 0.279 e. The minimum Gasteiger partial charge on any atom is -0.354 e. The molecule has 1 aliphatic heterocycles. The number of fused-ring (bicyclic) bond motifs is 2. The molecular formula is C25H36N6O5S2. The molecular weight excluding hydrogens is 528 g/mol. The summed E-state index contributed by atoms with van der Waals surface area (Å²) in [6.45, 7) is 4.12. The molecule has 3 amide bonds. The second-order valence-electron chi connectivity index (χ2n) is 9.76. The minimum absolute atomic E-state index is 0.0809. The fourth-order valence-corrected chi connectivity index (χ4v) is 5.75. The lowest BCUT2D eigenvalue weighted by atomic mass is 10.0. The van der Waals surface area contributed by atoms with Crippen LogP contribution in [0.3, 0.4) is 0 Å². The number of hydrogen-bond acceptors (Lipinski definition) is 7. The monoisotopic (exact) mass is 564 g/mol. The summed E-state index contributed by atoms with van der Waals surface area (Å²) in [5, 5.41) is 10.7. The number of aromatic nitrogens is 1. The first-order valence-corrected chi connectivity index (χ1v) is 14.9. The lowest BCUT2D eigenvalue weighted by Crippen LogP contribution is -2.51. The summed E-state index contributed by atoms with van der Waals surface area (Å²) in [7, 11) is -1.10. The quantitative estimate of drug-likeness (QED) is 0.416. The van der Waals surface area contributed by atoms with Crippen LogP contribution in [0.4, 0.5) is 0 Å². The number of carbonyl (C=O) groups is 3. The van der Waals surface area contributed by atoms with Crippen LogP contribution in [-0.2, 0) is 26.2 Å². The summed E-state index contributed by atoms with van der Waals surface area (Å²) in [6.07, 6.45) is 1.56. The number of nitrogens with one attached hydrogen (secondary N) is 4. The summed E-state index contributed by atoms with van der Waals surface area (Å²) >= 11 is 1.22. The number of rotatable bonds is 6. The Bertz CT molecular complexity index is 1220. The normalized spacial score (nSPS) is 22.2. The van der Waals surface area contributed by atoms with Gasteiger partial charge in [-0.1, -0.05) is 44.2 Å². The fraction of sp³-hybridized carbons (Fsp3) is 0.520. The van der Waals surface area contributed by atoms with Crippen molar-refractivity contribution in [2.24, 2.45) is 5.92 Å². The van der Waals surface area contributed by atoms with E-state index >= 15 is 0 Å². The Morgan fingerprint density at radius 3 is 2.45 bits per heavy atom. The molecule has 0 fully saturated rings. The minimum atomic E-state index is -3.87. The van der Waals surface area contributed by atoms with E-state index in [1.807, 2.05) is 44.2 Å². The second-order valence-corrected chi connectivity index (χ2v) is 12.6. The molecule has 0 unspecified atom stereocenters. The van der Waals surface area contributed by atoms with Gasteiger partial charge in [-0.2, -0.15) is 17.4 Å². The molecule has 0 spiro atoms. The molecule has 4 N–H and O–H groups in total. The molecule has 0 saturated heterocycles. The third-order valence-electron chi connectivity index (χ3n) is 6.20. The summed E-state index contributed by atoms with van der Waals surface area (Å²) < 4.78 is 28.5. The van der Waals surface area contributed by atoms with Gasteiger partial charge in [-0.05, 0) is 30.7 Å². The van der Waals surface area contributed by atoms with Gasteiger partial charge in [0.15, 0.2) is 0 Å². The van der Waals surface area contributed by atoms with Crippen molar-refractivity contribution in [1.82, 2.24) is 30.0 Å². The molecule has 13 heteroatoms. The van der Waals surface area contributed by atoms with Gasteiger partial charge in [0.25, 0.3) is 16.1 Å². The highest BCUT2D eigenvalue weighted by Gasteiger charge is 2.31. The van der Waals surface area contributed by atoms with Crippen LogP contribution in [0.15, 0.2) is 35.7 Å². The largest absolute Gasteiger partial charge is 0.354 e. The van der Waals surface area contributed by atoms with Crippen molar-refractivity contribution < 1.29 is 22.8 Å². The molecule has 1 aromatic carbocycles. The first-order valence-electron chi connectivity index (χ1n) is 12.6. The molecule has 2 heterocycles. The zero-order valence-electron chi connectivity index (χ0n) is 22.1. The molecule has 1 aliphatic rings. The third-order valence-corrected chi connectivity index (χ3v) is 8.67. The van der Waals surface area contributed by atoms with Crippen LogP contribution in [0.1, 0.15) is 60.2 Å². The van der Waals surface area contributed by atoms with Crippen molar-refractivity contribution in [3.8, 4) is 0 Å². The van der Waals surface area contributed by atoms with E-state index in [1.165, 1.54) is 25.4 Å². The van der Waals surface area contributed by atoms with E-state index in [2.05, 4.69) is 25.7 Å². The fourth-order valence-electron chi connectivity index (χ4n) is 3.93. The summed E-state index contributed by atoms with van der Waals surface area (Å²) in [5.41, 5.74) is 1.05. The highest BCUT2D eigenvalue weighted by molar-refractivity contribution is 7.87. The Kier molecular flexibility index (Phi) is 10.4. The number of carbonyl (C=O) groups excluding carboxylic acids is 3. The van der Waals surface area contributed by atoms with Crippen molar-refractivity contribution in [3.05, 3.63) is 52.0 Å². The van der Waals surface area contributed by atoms with E-state index in [-0.39, 0.29) is 23.9 Å². The summed E-state index contributed by atoms with van der Waals surface area (Å²) in [5.74, 6) is -1.37. The van der Waals surface area contributed by atoms with E-state index in [0.717, 1.165) is 9.87 Å². The van der Waals surface area contributed by atoms with Gasteiger partial charge in [-0.15, -0.1) is 11.3 Å². The molecule has 3 rings (SSSR count). The molecule has 2 bridgehead atoms. The van der Waals surface area contributed by atoms with Crippen molar-refractivity contribution in [1.29, 1.82) is 0 Å². The first-order chi connectivity index (χ1) is 18.0. The van der Waals surface area contributed by atoms with E-state index in [0.29, 0.717) is 30.8 Å². The molecule has 3 atom stereocenters. The summed E-state index contributed by atoms with van der Waals surface area (Å²) in [4.78, 5) is 43.8. The zero-order valence-corrected chi connectivity index (χ0v) is 23.7. The van der Waals surface area contributed by atoms with Gasteiger partial charge < -0.3 is 16.0 Å². The molecule has 1 aromatic heterocycles. The van der Waals surface area contributed by atoms with E-state index in [9.17, 15) is 22.8 Å². The molecule has 0 radical (unpaired) electrons. The Labute approximate surface area is 228 Å². The van der Waals surface area contributed by atoms with Crippen LogP contribution in [0.2, 0.25) is 0 Å². The molecule has 38 heavy (non-hydrogen) atoms. The molecule has 11 nitrogen and oxygen atoms in total. The number of hydrogen-bond donors (Lipinski definition) is 4. The van der Waals surface area contributed by atoms with Crippen molar-refractivity contribution >= 4 is 39.3 Å². The van der Waals surface area contributed by atoms with Crippen LogP contribution in [0.5, 0.6) is 0 Å². The zero-order chi connectivity index (χ0) is 27.9. The van der Waals surface area contributed by atoms with Crippen LogP contribution in [0, 0.1) is 5.92 Å². The Balaban J connectivity index is 1.90. The molecule has 2 aromatic rings. The number of benzene rings is 1. The van der Waals surface area contributed by atoms with Crippen LogP contribution in [-0.4, -0.2) is 68.2 Å². The van der Waals surface area contributed by atoms with Gasteiger partial charge in [0.1, 0.15) is 22.8 Å². The molecule has 0 saturated carbocycles. The Morgan fingerprint density at radius 1 is 1.08 bits per heavy atom. The van der Waals surface area contributed by atoms with Gasteiger partial charge in [0.05, 0.1) is 6.04 Å². The lowest BCUT2D eigenvalue weighted by molar-refractivity contribution is -0.124. The van der Waals surface area contributed by atoms with E-state index < -0.39 is 40.1 Å². The highest BCUT2D eigenvalue weighted by Crippen LogP contribution is 2.26. The first kappa shape index (κ1) is 29.7. The standard InChI is InChI=1S/C25H36N6O5S2/c1-16(2)21-25-28-20(15-37-25)24(34)27-19(14-17-10-6-5-7-11-17)22(32)26-13-9-8-12-18(23(33)29-21)30-38(35,36)31(3)4/h5-7,10-11,15-16,18-19,21,30H,8-9,12-14H2,1-4H3,(H,26,32)(H,27,34)(H,29,33)/t18-,19+,21+/m0/s1. The average Bonchev–Trinajstić information content (AvgIpc) is 3.35. The second kappa shape index (κ2) is 13.3. The van der Waals surface area contributed by atoms with Crippen LogP contribution in [0.25, 0.3) is 0 Å². The molecule has 208 valence electrons. The van der Waals surface area contributed by atoms with Crippen LogP contribution >= 0.6 is 11.3 Å². The third kappa shape index (κ3) is 8.06. The number of thiazole rings is 1. The van der Waals surface area contributed by atoms with Gasteiger partial charge in [0, 0.05) is 32.4 Å². The maximum absolute atomic E-state index is 13.2. The predicted octanol–water partition coefficient (Wildman–Crippen LogP) is 1.36.